The molecule has 0 radical (unpaired) electrons. The smallest absolute Gasteiger partial charge is 0.153 e. The summed E-state index contributed by atoms with van der Waals surface area (Å²) in [6, 6.07) is 5.75. The maximum absolute atomic E-state index is 13.0. The lowest BCUT2D eigenvalue weighted by molar-refractivity contribution is 0.112. The number of benzene rings is 1. The number of hydrogen-bond acceptors (Lipinski definition) is 3. The van der Waals surface area contributed by atoms with E-state index in [9.17, 15) is 9.18 Å². The molecule has 1 aromatic carbocycles. The van der Waals surface area contributed by atoms with Crippen LogP contribution < -0.4 is 4.74 Å². The SMILES string of the molecule is COc1cc(F)ccc1-c1cc(C=O)c(C)o1. The Morgan fingerprint density at radius 3 is 2.71 bits per heavy atom. The molecule has 0 amide bonds. The summed E-state index contributed by atoms with van der Waals surface area (Å²) in [5, 5.41) is 0. The molecule has 0 aliphatic heterocycles. The normalized spacial score (nSPS) is 10.3. The van der Waals surface area contributed by atoms with E-state index in [1.165, 1.54) is 19.2 Å². The number of rotatable bonds is 3. The van der Waals surface area contributed by atoms with Gasteiger partial charge >= 0.3 is 0 Å². The second kappa shape index (κ2) is 4.41. The molecule has 1 aromatic heterocycles. The first-order valence-electron chi connectivity index (χ1n) is 5.05. The zero-order valence-electron chi connectivity index (χ0n) is 9.49. The summed E-state index contributed by atoms with van der Waals surface area (Å²) in [6.07, 6.45) is 0.721. The highest BCUT2D eigenvalue weighted by Crippen LogP contribution is 2.32. The van der Waals surface area contributed by atoms with E-state index in [1.807, 2.05) is 0 Å². The predicted octanol–water partition coefficient (Wildman–Crippen LogP) is 3.22. The van der Waals surface area contributed by atoms with Crippen molar-refractivity contribution < 1.29 is 18.3 Å². The summed E-state index contributed by atoms with van der Waals surface area (Å²) >= 11 is 0. The molecule has 0 saturated heterocycles. The van der Waals surface area contributed by atoms with Crippen molar-refractivity contribution >= 4 is 6.29 Å². The van der Waals surface area contributed by atoms with Crippen molar-refractivity contribution in [2.24, 2.45) is 0 Å². The number of halogens is 1. The van der Waals surface area contributed by atoms with Crippen molar-refractivity contribution in [2.75, 3.05) is 7.11 Å². The van der Waals surface area contributed by atoms with E-state index in [0.29, 0.717) is 28.4 Å². The minimum atomic E-state index is -0.385. The molecule has 3 nitrogen and oxygen atoms in total. The molecule has 0 aliphatic carbocycles. The second-order valence-corrected chi connectivity index (χ2v) is 3.58. The van der Waals surface area contributed by atoms with Gasteiger partial charge in [-0.25, -0.2) is 4.39 Å². The number of carbonyl (C=O) groups is 1. The first-order chi connectivity index (χ1) is 8.15. The molecule has 0 unspecified atom stereocenters. The van der Waals surface area contributed by atoms with Gasteiger partial charge in [0.15, 0.2) is 6.29 Å². The van der Waals surface area contributed by atoms with Crippen molar-refractivity contribution in [1.82, 2.24) is 0 Å². The molecule has 0 saturated carbocycles. The molecule has 2 aromatic rings. The van der Waals surface area contributed by atoms with Gasteiger partial charge in [-0.3, -0.25) is 4.79 Å². The molecule has 0 fully saturated rings. The van der Waals surface area contributed by atoms with Gasteiger partial charge in [0.05, 0.1) is 18.2 Å². The Bertz CT molecular complexity index is 558. The maximum atomic E-state index is 13.0. The van der Waals surface area contributed by atoms with Crippen LogP contribution in [-0.2, 0) is 0 Å². The molecular weight excluding hydrogens is 223 g/mol. The third-order valence-corrected chi connectivity index (χ3v) is 2.51. The number of aldehydes is 1. The van der Waals surface area contributed by atoms with E-state index < -0.39 is 0 Å². The molecule has 0 spiro atoms. The lowest BCUT2D eigenvalue weighted by atomic mass is 10.1. The Hall–Kier alpha value is -2.10. The van der Waals surface area contributed by atoms with Crippen molar-refractivity contribution in [3.8, 4) is 17.1 Å². The fraction of sp³-hybridized carbons (Fsp3) is 0.154. The fourth-order valence-corrected chi connectivity index (χ4v) is 1.61. The Kier molecular flexibility index (Phi) is 2.95. The monoisotopic (exact) mass is 234 g/mol. The zero-order valence-corrected chi connectivity index (χ0v) is 9.49. The lowest BCUT2D eigenvalue weighted by Crippen LogP contribution is -1.88. The third kappa shape index (κ3) is 2.06. The highest BCUT2D eigenvalue weighted by Gasteiger charge is 2.13. The standard InChI is InChI=1S/C13H11FO3/c1-8-9(7-15)5-13(17-8)11-4-3-10(14)6-12(11)16-2/h3-7H,1-2H3. The minimum Gasteiger partial charge on any atom is -0.496 e. The van der Waals surface area contributed by atoms with Crippen molar-refractivity contribution in [1.29, 1.82) is 0 Å². The summed E-state index contributed by atoms with van der Waals surface area (Å²) < 4.78 is 23.5. The molecule has 2 rings (SSSR count). The number of hydrogen-bond donors (Lipinski definition) is 0. The van der Waals surface area contributed by atoms with Gasteiger partial charge in [0.2, 0.25) is 0 Å². The zero-order chi connectivity index (χ0) is 12.4. The topological polar surface area (TPSA) is 39.4 Å². The van der Waals surface area contributed by atoms with Crippen LogP contribution in [0.25, 0.3) is 11.3 Å². The highest BCUT2D eigenvalue weighted by molar-refractivity contribution is 5.80. The Balaban J connectivity index is 2.55. The predicted molar refractivity (Wildman–Crippen MR) is 60.8 cm³/mol. The van der Waals surface area contributed by atoms with Crippen molar-refractivity contribution in [2.45, 2.75) is 6.92 Å². The first-order valence-corrected chi connectivity index (χ1v) is 5.05. The molecule has 1 heterocycles. The fourth-order valence-electron chi connectivity index (χ4n) is 1.61. The van der Waals surface area contributed by atoms with Crippen LogP contribution in [0.2, 0.25) is 0 Å². The molecule has 4 heteroatoms. The van der Waals surface area contributed by atoms with E-state index in [4.69, 9.17) is 9.15 Å². The van der Waals surface area contributed by atoms with Crippen LogP contribution in [0.3, 0.4) is 0 Å². The van der Waals surface area contributed by atoms with E-state index in [0.717, 1.165) is 6.29 Å². The van der Waals surface area contributed by atoms with E-state index in [-0.39, 0.29) is 5.82 Å². The molecule has 0 aliphatic rings. The van der Waals surface area contributed by atoms with Crippen LogP contribution in [0.4, 0.5) is 4.39 Å². The van der Waals surface area contributed by atoms with Gasteiger partial charge in [0, 0.05) is 6.07 Å². The van der Waals surface area contributed by atoms with Gasteiger partial charge in [0.1, 0.15) is 23.1 Å². The van der Waals surface area contributed by atoms with Crippen LogP contribution in [0.1, 0.15) is 16.1 Å². The van der Waals surface area contributed by atoms with Crippen LogP contribution in [-0.4, -0.2) is 13.4 Å². The van der Waals surface area contributed by atoms with Gasteiger partial charge in [-0.05, 0) is 25.1 Å². The number of carbonyl (C=O) groups excluding carboxylic acids is 1. The van der Waals surface area contributed by atoms with E-state index in [2.05, 4.69) is 0 Å². The largest absolute Gasteiger partial charge is 0.496 e. The van der Waals surface area contributed by atoms with Crippen LogP contribution in [0.15, 0.2) is 28.7 Å². The van der Waals surface area contributed by atoms with E-state index >= 15 is 0 Å². The van der Waals surface area contributed by atoms with Crippen molar-refractivity contribution in [3.63, 3.8) is 0 Å². The average Bonchev–Trinajstić information content (AvgIpc) is 2.70. The van der Waals surface area contributed by atoms with Gasteiger partial charge in [-0.1, -0.05) is 0 Å². The van der Waals surface area contributed by atoms with Gasteiger partial charge in [0.25, 0.3) is 0 Å². The number of ether oxygens (including phenoxy) is 1. The molecule has 0 bridgehead atoms. The molecular formula is C13H11FO3. The quantitative estimate of drug-likeness (QED) is 0.765. The summed E-state index contributed by atoms with van der Waals surface area (Å²) in [7, 11) is 1.45. The highest BCUT2D eigenvalue weighted by atomic mass is 19.1. The molecule has 88 valence electrons. The summed E-state index contributed by atoms with van der Waals surface area (Å²) in [5.41, 5.74) is 1.09. The van der Waals surface area contributed by atoms with E-state index in [1.54, 1.807) is 19.1 Å². The van der Waals surface area contributed by atoms with Crippen LogP contribution in [0, 0.1) is 12.7 Å². The number of aryl methyl sites for hydroxylation is 1. The minimum absolute atomic E-state index is 0.371. The molecule has 0 N–H and O–H groups in total. The van der Waals surface area contributed by atoms with Crippen LogP contribution in [0.5, 0.6) is 5.75 Å². The van der Waals surface area contributed by atoms with Gasteiger partial charge in [-0.2, -0.15) is 0 Å². The molecule has 17 heavy (non-hydrogen) atoms. The van der Waals surface area contributed by atoms with Crippen LogP contribution >= 0.6 is 0 Å². The Morgan fingerprint density at radius 2 is 2.12 bits per heavy atom. The lowest BCUT2D eigenvalue weighted by Gasteiger charge is -2.05. The van der Waals surface area contributed by atoms with Gasteiger partial charge < -0.3 is 9.15 Å². The molecule has 0 atom stereocenters. The average molecular weight is 234 g/mol. The third-order valence-electron chi connectivity index (χ3n) is 2.51. The Labute approximate surface area is 97.8 Å². The van der Waals surface area contributed by atoms with Gasteiger partial charge in [-0.15, -0.1) is 0 Å². The maximum Gasteiger partial charge on any atom is 0.153 e. The number of furan rings is 1. The second-order valence-electron chi connectivity index (χ2n) is 3.58. The first kappa shape index (κ1) is 11.4. The Morgan fingerprint density at radius 1 is 1.35 bits per heavy atom. The van der Waals surface area contributed by atoms with Crippen molar-refractivity contribution in [3.05, 3.63) is 41.4 Å². The summed E-state index contributed by atoms with van der Waals surface area (Å²) in [4.78, 5) is 10.7. The number of methoxy groups -OCH3 is 1. The summed E-state index contributed by atoms with van der Waals surface area (Å²) in [6.45, 7) is 1.70. The summed E-state index contributed by atoms with van der Waals surface area (Å²) in [5.74, 6) is 1.00.